The van der Waals surface area contributed by atoms with Gasteiger partial charge >= 0.3 is 0 Å². The van der Waals surface area contributed by atoms with Crippen molar-refractivity contribution in [3.05, 3.63) is 53.8 Å². The van der Waals surface area contributed by atoms with E-state index in [-0.39, 0.29) is 5.82 Å². The van der Waals surface area contributed by atoms with Crippen molar-refractivity contribution in [3.63, 3.8) is 0 Å². The van der Waals surface area contributed by atoms with Gasteiger partial charge in [0.25, 0.3) is 0 Å². The van der Waals surface area contributed by atoms with Crippen LogP contribution in [0.5, 0.6) is 5.75 Å². The standard InChI is InChI=1S/C15H13FO/c16-12-8-6-11(7-9-12)14-3-1-2-13(15(14)17)10-4-5-10/h1-3,6-10,17H,4-5H2. The van der Waals surface area contributed by atoms with E-state index in [4.69, 9.17) is 0 Å². The fourth-order valence-corrected chi connectivity index (χ4v) is 2.15. The Kier molecular flexibility index (Phi) is 2.36. The SMILES string of the molecule is Oc1c(-c2ccc(F)cc2)cccc1C1CC1. The summed E-state index contributed by atoms with van der Waals surface area (Å²) in [7, 11) is 0. The van der Waals surface area contributed by atoms with Crippen LogP contribution in [0.15, 0.2) is 42.5 Å². The fraction of sp³-hybridized carbons (Fsp3) is 0.200. The highest BCUT2D eigenvalue weighted by Crippen LogP contribution is 2.46. The average Bonchev–Trinajstić information content (AvgIpc) is 3.15. The minimum atomic E-state index is -0.258. The molecule has 86 valence electrons. The Hall–Kier alpha value is -1.83. The van der Waals surface area contributed by atoms with E-state index in [2.05, 4.69) is 0 Å². The molecule has 1 aliphatic carbocycles. The molecule has 0 spiro atoms. The molecule has 0 aromatic heterocycles. The van der Waals surface area contributed by atoms with Crippen LogP contribution in [-0.4, -0.2) is 5.11 Å². The Balaban J connectivity index is 2.07. The van der Waals surface area contributed by atoms with Crippen LogP contribution in [0.2, 0.25) is 0 Å². The van der Waals surface area contributed by atoms with E-state index in [1.54, 1.807) is 12.1 Å². The summed E-state index contributed by atoms with van der Waals surface area (Å²) in [6, 6.07) is 12.0. The molecule has 17 heavy (non-hydrogen) atoms. The van der Waals surface area contributed by atoms with E-state index in [0.29, 0.717) is 11.7 Å². The van der Waals surface area contributed by atoms with Crippen LogP contribution in [0.3, 0.4) is 0 Å². The van der Waals surface area contributed by atoms with Gasteiger partial charge in [-0.3, -0.25) is 0 Å². The first-order chi connectivity index (χ1) is 8.25. The van der Waals surface area contributed by atoms with E-state index in [9.17, 15) is 9.50 Å². The van der Waals surface area contributed by atoms with Crippen molar-refractivity contribution < 1.29 is 9.50 Å². The number of hydrogen-bond donors (Lipinski definition) is 1. The molecule has 2 aromatic rings. The Morgan fingerprint density at radius 1 is 1.00 bits per heavy atom. The number of hydrogen-bond acceptors (Lipinski definition) is 1. The van der Waals surface area contributed by atoms with E-state index < -0.39 is 0 Å². The summed E-state index contributed by atoms with van der Waals surface area (Å²) >= 11 is 0. The monoisotopic (exact) mass is 228 g/mol. The first-order valence-electron chi connectivity index (χ1n) is 5.83. The Labute approximate surface area is 99.5 Å². The van der Waals surface area contributed by atoms with Crippen LogP contribution in [-0.2, 0) is 0 Å². The summed E-state index contributed by atoms with van der Waals surface area (Å²) in [4.78, 5) is 0. The molecule has 3 rings (SSSR count). The Morgan fingerprint density at radius 2 is 1.71 bits per heavy atom. The summed E-state index contributed by atoms with van der Waals surface area (Å²) in [6.07, 6.45) is 2.31. The summed E-state index contributed by atoms with van der Waals surface area (Å²) in [5.74, 6) is 0.601. The summed E-state index contributed by atoms with van der Waals surface area (Å²) in [6.45, 7) is 0. The predicted octanol–water partition coefficient (Wildman–Crippen LogP) is 4.08. The molecule has 0 aliphatic heterocycles. The third-order valence-electron chi connectivity index (χ3n) is 3.24. The average molecular weight is 228 g/mol. The second-order valence-corrected chi connectivity index (χ2v) is 4.52. The predicted molar refractivity (Wildman–Crippen MR) is 65.5 cm³/mol. The van der Waals surface area contributed by atoms with Gasteiger partial charge in [-0.05, 0) is 42.0 Å². The van der Waals surface area contributed by atoms with E-state index >= 15 is 0 Å². The minimum Gasteiger partial charge on any atom is -0.507 e. The molecule has 2 heteroatoms. The number of para-hydroxylation sites is 1. The molecule has 0 unspecified atom stereocenters. The largest absolute Gasteiger partial charge is 0.507 e. The van der Waals surface area contributed by atoms with Crippen molar-refractivity contribution in [1.82, 2.24) is 0 Å². The molecular weight excluding hydrogens is 215 g/mol. The third kappa shape index (κ3) is 1.91. The van der Waals surface area contributed by atoms with Gasteiger partial charge in [0.15, 0.2) is 0 Å². The molecule has 0 bridgehead atoms. The number of aromatic hydroxyl groups is 1. The first-order valence-corrected chi connectivity index (χ1v) is 5.83. The molecular formula is C15H13FO. The zero-order valence-electron chi connectivity index (χ0n) is 9.36. The summed E-state index contributed by atoms with van der Waals surface area (Å²) in [5, 5.41) is 10.2. The molecule has 1 nitrogen and oxygen atoms in total. The lowest BCUT2D eigenvalue weighted by molar-refractivity contribution is 0.470. The molecule has 2 aromatic carbocycles. The molecule has 0 radical (unpaired) electrons. The normalized spacial score (nSPS) is 14.9. The van der Waals surface area contributed by atoms with Crippen molar-refractivity contribution in [2.45, 2.75) is 18.8 Å². The zero-order chi connectivity index (χ0) is 11.8. The Morgan fingerprint density at radius 3 is 2.35 bits per heavy atom. The lowest BCUT2D eigenvalue weighted by Gasteiger charge is -2.09. The molecule has 1 fully saturated rings. The topological polar surface area (TPSA) is 20.2 Å². The van der Waals surface area contributed by atoms with Crippen molar-refractivity contribution in [2.75, 3.05) is 0 Å². The maximum atomic E-state index is 12.9. The first kappa shape index (κ1) is 10.3. The van der Waals surface area contributed by atoms with Gasteiger partial charge in [0.1, 0.15) is 11.6 Å². The van der Waals surface area contributed by atoms with Gasteiger partial charge in [0.2, 0.25) is 0 Å². The zero-order valence-corrected chi connectivity index (χ0v) is 9.36. The minimum absolute atomic E-state index is 0.258. The maximum Gasteiger partial charge on any atom is 0.126 e. The smallest absolute Gasteiger partial charge is 0.126 e. The number of phenols is 1. The lowest BCUT2D eigenvalue weighted by Crippen LogP contribution is -1.85. The highest BCUT2D eigenvalue weighted by atomic mass is 19.1. The number of halogens is 1. The molecule has 0 saturated heterocycles. The summed E-state index contributed by atoms with van der Waals surface area (Å²) < 4.78 is 12.9. The van der Waals surface area contributed by atoms with E-state index in [1.165, 1.54) is 12.1 Å². The van der Waals surface area contributed by atoms with Crippen molar-refractivity contribution in [2.24, 2.45) is 0 Å². The lowest BCUT2D eigenvalue weighted by atomic mass is 9.99. The number of phenolic OH excluding ortho intramolecular Hbond substituents is 1. The van der Waals surface area contributed by atoms with Crippen LogP contribution in [0.25, 0.3) is 11.1 Å². The molecule has 0 amide bonds. The van der Waals surface area contributed by atoms with Crippen molar-refractivity contribution >= 4 is 0 Å². The van der Waals surface area contributed by atoms with Crippen molar-refractivity contribution in [1.29, 1.82) is 0 Å². The van der Waals surface area contributed by atoms with Crippen LogP contribution >= 0.6 is 0 Å². The quantitative estimate of drug-likeness (QED) is 0.821. The second kappa shape index (κ2) is 3.88. The van der Waals surface area contributed by atoms with Crippen molar-refractivity contribution in [3.8, 4) is 16.9 Å². The fourth-order valence-electron chi connectivity index (χ4n) is 2.15. The number of rotatable bonds is 2. The second-order valence-electron chi connectivity index (χ2n) is 4.52. The maximum absolute atomic E-state index is 12.9. The highest BCUT2D eigenvalue weighted by Gasteiger charge is 2.27. The van der Waals surface area contributed by atoms with Gasteiger partial charge < -0.3 is 5.11 Å². The van der Waals surface area contributed by atoms with Gasteiger partial charge in [-0.2, -0.15) is 0 Å². The Bertz CT molecular complexity index is 541. The highest BCUT2D eigenvalue weighted by molar-refractivity contribution is 5.72. The van der Waals surface area contributed by atoms with E-state index in [0.717, 1.165) is 29.5 Å². The van der Waals surface area contributed by atoms with E-state index in [1.807, 2.05) is 18.2 Å². The van der Waals surface area contributed by atoms with Gasteiger partial charge in [-0.15, -0.1) is 0 Å². The van der Waals surface area contributed by atoms with Crippen LogP contribution in [0.4, 0.5) is 4.39 Å². The van der Waals surface area contributed by atoms with Crippen LogP contribution in [0, 0.1) is 5.82 Å². The molecule has 1 N–H and O–H groups in total. The van der Waals surface area contributed by atoms with Crippen LogP contribution in [0.1, 0.15) is 24.3 Å². The van der Waals surface area contributed by atoms with Gasteiger partial charge in [0, 0.05) is 5.56 Å². The van der Waals surface area contributed by atoms with Gasteiger partial charge in [-0.1, -0.05) is 30.3 Å². The third-order valence-corrected chi connectivity index (χ3v) is 3.24. The van der Waals surface area contributed by atoms with Crippen LogP contribution < -0.4 is 0 Å². The molecule has 1 aliphatic rings. The number of benzene rings is 2. The van der Waals surface area contributed by atoms with Gasteiger partial charge in [-0.25, -0.2) is 4.39 Å². The molecule has 1 saturated carbocycles. The molecule has 0 heterocycles. The summed E-state index contributed by atoms with van der Waals surface area (Å²) in [5.41, 5.74) is 2.66. The molecule has 0 atom stereocenters. The van der Waals surface area contributed by atoms with Gasteiger partial charge in [0.05, 0.1) is 0 Å².